The average molecular weight is 342 g/mol. The van der Waals surface area contributed by atoms with Crippen LogP contribution in [0.1, 0.15) is 30.2 Å². The lowest BCUT2D eigenvalue weighted by Crippen LogP contribution is -2.11. The molecule has 0 saturated carbocycles. The van der Waals surface area contributed by atoms with Crippen LogP contribution in [0.5, 0.6) is 11.5 Å². The van der Waals surface area contributed by atoms with Gasteiger partial charge in [-0.15, -0.1) is 0 Å². The van der Waals surface area contributed by atoms with Crippen molar-refractivity contribution in [2.45, 2.75) is 33.2 Å². The van der Waals surface area contributed by atoms with Gasteiger partial charge in [-0.1, -0.05) is 5.16 Å². The fourth-order valence-corrected chi connectivity index (χ4v) is 2.86. The van der Waals surface area contributed by atoms with Gasteiger partial charge in [-0.25, -0.2) is 0 Å². The van der Waals surface area contributed by atoms with Crippen molar-refractivity contribution in [3.63, 3.8) is 0 Å². The first-order valence-corrected chi connectivity index (χ1v) is 8.09. The van der Waals surface area contributed by atoms with Crippen molar-refractivity contribution >= 4 is 0 Å². The zero-order valence-corrected chi connectivity index (χ0v) is 15.1. The molecule has 3 rings (SSSR count). The third-order valence-corrected chi connectivity index (χ3v) is 4.04. The molecule has 7 nitrogen and oxygen atoms in total. The Morgan fingerprint density at radius 1 is 1.12 bits per heavy atom. The van der Waals surface area contributed by atoms with E-state index in [1.165, 1.54) is 0 Å². The van der Waals surface area contributed by atoms with Crippen LogP contribution in [0.4, 0.5) is 0 Å². The first kappa shape index (κ1) is 17.0. The topological polar surface area (TPSA) is 75.2 Å². The highest BCUT2D eigenvalue weighted by Gasteiger charge is 2.16. The third kappa shape index (κ3) is 3.50. The van der Waals surface area contributed by atoms with E-state index < -0.39 is 0 Å². The lowest BCUT2D eigenvalue weighted by atomic mass is 10.2. The molecule has 0 N–H and O–H groups in total. The molecule has 0 aliphatic carbocycles. The second-order valence-electron chi connectivity index (χ2n) is 6.01. The van der Waals surface area contributed by atoms with Crippen LogP contribution in [0.3, 0.4) is 0 Å². The average Bonchev–Trinajstić information content (AvgIpc) is 3.20. The Bertz CT molecular complexity index is 869. The number of aryl methyl sites for hydroxylation is 2. The van der Waals surface area contributed by atoms with E-state index >= 15 is 0 Å². The third-order valence-electron chi connectivity index (χ3n) is 4.04. The summed E-state index contributed by atoms with van der Waals surface area (Å²) >= 11 is 0. The summed E-state index contributed by atoms with van der Waals surface area (Å²) < 4.78 is 18.0. The second kappa shape index (κ2) is 6.96. The van der Waals surface area contributed by atoms with Gasteiger partial charge < -0.3 is 14.0 Å². The first-order chi connectivity index (χ1) is 12.0. The maximum atomic E-state index is 5.41. The summed E-state index contributed by atoms with van der Waals surface area (Å²) in [6.45, 7) is 6.11. The minimum Gasteiger partial charge on any atom is -0.493 e. The van der Waals surface area contributed by atoms with Gasteiger partial charge in [0.05, 0.1) is 26.0 Å². The number of rotatable bonds is 6. The maximum Gasteiger partial charge on any atom is 0.229 e. The Balaban J connectivity index is 1.79. The van der Waals surface area contributed by atoms with Gasteiger partial charge in [-0.2, -0.15) is 10.1 Å². The molecule has 1 atom stereocenters. The number of hydrogen-bond acceptors (Lipinski definition) is 6. The van der Waals surface area contributed by atoms with Crippen LogP contribution in [-0.4, -0.2) is 34.1 Å². The van der Waals surface area contributed by atoms with Crippen molar-refractivity contribution in [3.8, 4) is 22.9 Å². The number of ether oxygens (including phenoxy) is 2. The Morgan fingerprint density at radius 2 is 1.88 bits per heavy atom. The van der Waals surface area contributed by atoms with E-state index in [9.17, 15) is 0 Å². The van der Waals surface area contributed by atoms with Gasteiger partial charge in [0.2, 0.25) is 11.7 Å². The molecule has 2 aromatic heterocycles. The van der Waals surface area contributed by atoms with Crippen LogP contribution in [-0.2, 0) is 6.42 Å². The predicted octanol–water partition coefficient (Wildman–Crippen LogP) is 3.37. The Kier molecular flexibility index (Phi) is 4.74. The highest BCUT2D eigenvalue weighted by Crippen LogP contribution is 2.31. The minimum absolute atomic E-state index is 0.132. The molecule has 1 aromatic carbocycles. The van der Waals surface area contributed by atoms with Crippen molar-refractivity contribution in [1.29, 1.82) is 0 Å². The first-order valence-electron chi connectivity index (χ1n) is 8.09. The summed E-state index contributed by atoms with van der Waals surface area (Å²) in [6, 6.07) is 7.72. The lowest BCUT2D eigenvalue weighted by Gasteiger charge is -2.11. The van der Waals surface area contributed by atoms with Gasteiger partial charge in [0, 0.05) is 17.7 Å². The van der Waals surface area contributed by atoms with Gasteiger partial charge in [-0.3, -0.25) is 4.68 Å². The van der Waals surface area contributed by atoms with E-state index in [0.29, 0.717) is 29.6 Å². The van der Waals surface area contributed by atoms with Crippen molar-refractivity contribution in [3.05, 3.63) is 41.5 Å². The van der Waals surface area contributed by atoms with Crippen molar-refractivity contribution in [2.75, 3.05) is 14.2 Å². The molecule has 7 heteroatoms. The largest absolute Gasteiger partial charge is 0.493 e. The summed E-state index contributed by atoms with van der Waals surface area (Å²) in [5.74, 6) is 2.39. The van der Waals surface area contributed by atoms with E-state index in [1.54, 1.807) is 14.2 Å². The molecule has 0 saturated heterocycles. The Labute approximate surface area is 146 Å². The van der Waals surface area contributed by atoms with Gasteiger partial charge in [0.1, 0.15) is 0 Å². The maximum absolute atomic E-state index is 5.41. The second-order valence-corrected chi connectivity index (χ2v) is 6.01. The quantitative estimate of drug-likeness (QED) is 0.684. The van der Waals surface area contributed by atoms with Crippen LogP contribution in [0.2, 0.25) is 0 Å². The molecule has 0 spiro atoms. The van der Waals surface area contributed by atoms with Crippen molar-refractivity contribution in [1.82, 2.24) is 19.9 Å². The molecule has 2 heterocycles. The molecule has 3 aromatic rings. The van der Waals surface area contributed by atoms with E-state index in [4.69, 9.17) is 14.0 Å². The molecule has 0 unspecified atom stereocenters. The Hall–Kier alpha value is -2.83. The molecular weight excluding hydrogens is 320 g/mol. The minimum atomic E-state index is 0.132. The van der Waals surface area contributed by atoms with E-state index in [-0.39, 0.29) is 6.04 Å². The highest BCUT2D eigenvalue weighted by atomic mass is 16.5. The molecule has 0 fully saturated rings. The SMILES string of the molecule is COc1ccc(-c2noc(C[C@@H](C)n3nc(C)cc3C)n2)cc1OC. The monoisotopic (exact) mass is 342 g/mol. The molecular formula is C18H22N4O3. The van der Waals surface area contributed by atoms with E-state index in [0.717, 1.165) is 17.0 Å². The number of methoxy groups -OCH3 is 2. The standard InChI is InChI=1S/C18H22N4O3/c1-11-8-12(2)22(20-11)13(3)9-17-19-18(21-25-17)14-6-7-15(23-4)16(10-14)24-5/h6-8,10,13H,9H2,1-5H3/t13-/m1/s1. The number of nitrogens with zero attached hydrogens (tertiary/aromatic N) is 4. The number of aromatic nitrogens is 4. The zero-order valence-electron chi connectivity index (χ0n) is 15.1. The predicted molar refractivity (Wildman–Crippen MR) is 93.0 cm³/mol. The van der Waals surface area contributed by atoms with E-state index in [1.807, 2.05) is 36.7 Å². The van der Waals surface area contributed by atoms with Crippen LogP contribution in [0.15, 0.2) is 28.8 Å². The van der Waals surface area contributed by atoms with Gasteiger partial charge >= 0.3 is 0 Å². The smallest absolute Gasteiger partial charge is 0.229 e. The fourth-order valence-electron chi connectivity index (χ4n) is 2.86. The summed E-state index contributed by atoms with van der Waals surface area (Å²) in [7, 11) is 3.20. The molecule has 0 amide bonds. The molecule has 0 aliphatic rings. The molecule has 132 valence electrons. The zero-order chi connectivity index (χ0) is 18.0. The van der Waals surface area contributed by atoms with Crippen molar-refractivity contribution < 1.29 is 14.0 Å². The van der Waals surface area contributed by atoms with Gasteiger partial charge in [0.15, 0.2) is 11.5 Å². The summed E-state index contributed by atoms with van der Waals surface area (Å²) in [5.41, 5.74) is 2.93. The summed E-state index contributed by atoms with van der Waals surface area (Å²) in [5, 5.41) is 8.59. The Morgan fingerprint density at radius 3 is 2.52 bits per heavy atom. The van der Waals surface area contributed by atoms with Crippen LogP contribution < -0.4 is 9.47 Å². The van der Waals surface area contributed by atoms with Gasteiger partial charge in [-0.05, 0) is 45.0 Å². The summed E-state index contributed by atoms with van der Waals surface area (Å²) in [4.78, 5) is 4.50. The molecule has 0 bridgehead atoms. The number of hydrogen-bond donors (Lipinski definition) is 0. The summed E-state index contributed by atoms with van der Waals surface area (Å²) in [6.07, 6.45) is 0.613. The van der Waals surface area contributed by atoms with Crippen molar-refractivity contribution in [2.24, 2.45) is 0 Å². The molecule has 25 heavy (non-hydrogen) atoms. The van der Waals surface area contributed by atoms with Crippen LogP contribution in [0, 0.1) is 13.8 Å². The fraction of sp³-hybridized carbons (Fsp3) is 0.389. The lowest BCUT2D eigenvalue weighted by molar-refractivity contribution is 0.347. The highest BCUT2D eigenvalue weighted by molar-refractivity contribution is 5.60. The molecule has 0 aliphatic heterocycles. The van der Waals surface area contributed by atoms with Crippen LogP contribution >= 0.6 is 0 Å². The normalized spacial score (nSPS) is 12.2. The van der Waals surface area contributed by atoms with Gasteiger partial charge in [0.25, 0.3) is 0 Å². The van der Waals surface area contributed by atoms with E-state index in [2.05, 4.69) is 28.2 Å². The number of benzene rings is 1. The van der Waals surface area contributed by atoms with Crippen LogP contribution in [0.25, 0.3) is 11.4 Å². The molecule has 0 radical (unpaired) electrons.